The van der Waals surface area contributed by atoms with Crippen molar-refractivity contribution < 1.29 is 31.8 Å². The van der Waals surface area contributed by atoms with Crippen molar-refractivity contribution in [1.29, 1.82) is 0 Å². The van der Waals surface area contributed by atoms with Crippen LogP contribution >= 0.6 is 0 Å². The van der Waals surface area contributed by atoms with Crippen molar-refractivity contribution in [3.63, 3.8) is 0 Å². The van der Waals surface area contributed by atoms with E-state index in [2.05, 4.69) is 0 Å². The molecule has 0 radical (unpaired) electrons. The summed E-state index contributed by atoms with van der Waals surface area (Å²) < 4.78 is 21.9. The quantitative estimate of drug-likeness (QED) is 0.386. The molecule has 0 fully saturated rings. The molecule has 5 heavy (non-hydrogen) atoms. The van der Waals surface area contributed by atoms with E-state index >= 15 is 0 Å². The summed E-state index contributed by atoms with van der Waals surface area (Å²) in [5.41, 5.74) is 0. The average molecular weight is 191 g/mol. The molecule has 0 amide bonds. The van der Waals surface area contributed by atoms with E-state index in [1.807, 2.05) is 0 Å². The normalized spacial score (nSPS) is 7.20. The molecule has 0 unspecified atom stereocenters. The van der Waals surface area contributed by atoms with E-state index in [-0.39, 0.29) is 19.5 Å². The van der Waals surface area contributed by atoms with Gasteiger partial charge in [-0.2, -0.15) is 0 Å². The molecule has 28 valence electrons. The van der Waals surface area contributed by atoms with Crippen LogP contribution in [0.3, 0.4) is 0 Å². The van der Waals surface area contributed by atoms with Crippen LogP contribution in [0.5, 0.6) is 0 Å². The van der Waals surface area contributed by atoms with Crippen LogP contribution in [0, 0.1) is 0 Å². The summed E-state index contributed by atoms with van der Waals surface area (Å²) in [5, 5.41) is 0. The van der Waals surface area contributed by atoms with Gasteiger partial charge in [0.05, 0.1) is 0 Å². The Kier molecular flexibility index (Phi) is 9.53. The van der Waals surface area contributed by atoms with Crippen molar-refractivity contribution in [3.8, 4) is 0 Å². The van der Waals surface area contributed by atoms with E-state index < -0.39 is 15.7 Å². The van der Waals surface area contributed by atoms with Crippen LogP contribution in [0.15, 0.2) is 0 Å². The molecule has 0 atom stereocenters. The van der Waals surface area contributed by atoms with Gasteiger partial charge in [-0.15, -0.1) is 0 Å². The zero-order valence-corrected chi connectivity index (χ0v) is 7.34. The van der Waals surface area contributed by atoms with Crippen LogP contribution < -0.4 is 0 Å². The summed E-state index contributed by atoms with van der Waals surface area (Å²) in [6.45, 7) is 0. The van der Waals surface area contributed by atoms with Crippen LogP contribution in [-0.4, -0.2) is 28.0 Å². The maximum absolute atomic E-state index is 7.31. The topological polar surface area (TPSA) is 60.7 Å². The first-order chi connectivity index (χ1) is 1.73. The maximum Gasteiger partial charge on any atom is 0 e. The van der Waals surface area contributed by atoms with Gasteiger partial charge < -0.3 is 0 Å². The van der Waals surface area contributed by atoms with E-state index in [0.29, 0.717) is 0 Å². The van der Waals surface area contributed by atoms with Crippen molar-refractivity contribution in [2.24, 2.45) is 0 Å². The zero-order chi connectivity index (χ0) is 3.58. The molecule has 0 bridgehead atoms. The molecule has 0 rings (SSSR count). The fourth-order valence-corrected chi connectivity index (χ4v) is 0. The second-order valence-electron chi connectivity index (χ2n) is 0.268. The fraction of sp³-hybridized carbons (Fsp3) is 0. The van der Waals surface area contributed by atoms with Crippen molar-refractivity contribution in [2.75, 3.05) is 0 Å². The van der Waals surface area contributed by atoms with E-state index in [9.17, 15) is 0 Å². The standard InChI is InChI=1S/AsH3O3.Zn/c2-1(3)4;/h2-4H;. The fourth-order valence-electron chi connectivity index (χ4n) is 0. The summed E-state index contributed by atoms with van der Waals surface area (Å²) >= 11 is -3.19. The predicted molar refractivity (Wildman–Crippen MR) is 12.4 cm³/mol. The number of hydrogen-bond donors (Lipinski definition) is 3. The van der Waals surface area contributed by atoms with Gasteiger partial charge in [-0.1, -0.05) is 0 Å². The Hall–Kier alpha value is 1.06. The largest absolute Gasteiger partial charge is 0 e. The van der Waals surface area contributed by atoms with Gasteiger partial charge in [-0.25, -0.2) is 0 Å². The summed E-state index contributed by atoms with van der Waals surface area (Å²) in [6.07, 6.45) is 0. The Morgan fingerprint density at radius 3 is 1.00 bits per heavy atom. The van der Waals surface area contributed by atoms with Crippen LogP contribution in [0.1, 0.15) is 0 Å². The van der Waals surface area contributed by atoms with Crippen molar-refractivity contribution >= 4 is 15.7 Å². The van der Waals surface area contributed by atoms with Gasteiger partial charge in [0.15, 0.2) is 0 Å². The van der Waals surface area contributed by atoms with Gasteiger partial charge in [0.2, 0.25) is 0 Å². The molecule has 0 aliphatic rings. The monoisotopic (exact) mass is 190 g/mol. The summed E-state index contributed by atoms with van der Waals surface area (Å²) in [4.78, 5) is 0. The van der Waals surface area contributed by atoms with Gasteiger partial charge in [0.25, 0.3) is 0 Å². The third-order valence-electron chi connectivity index (χ3n) is 0. The number of hydrogen-bond acceptors (Lipinski definition) is 3. The Morgan fingerprint density at radius 2 is 1.00 bits per heavy atom. The first-order valence-electron chi connectivity index (χ1n) is 0.600. The molecule has 0 spiro atoms. The molecular weight excluding hydrogens is 188 g/mol. The SMILES string of the molecule is O[As](O)O.[Zn]. The molecule has 3 nitrogen and oxygen atoms in total. The van der Waals surface area contributed by atoms with Gasteiger partial charge in [0, 0.05) is 19.5 Å². The smallest absolute Gasteiger partial charge is 0 e. The van der Waals surface area contributed by atoms with Crippen molar-refractivity contribution in [2.45, 2.75) is 0 Å². The summed E-state index contributed by atoms with van der Waals surface area (Å²) in [6, 6.07) is 0. The van der Waals surface area contributed by atoms with Crippen LogP contribution in [0.4, 0.5) is 0 Å². The van der Waals surface area contributed by atoms with E-state index in [1.54, 1.807) is 0 Å². The maximum atomic E-state index is 7.31. The Labute approximate surface area is 47.7 Å². The molecule has 0 heterocycles. The molecule has 0 saturated carbocycles. The van der Waals surface area contributed by atoms with Gasteiger partial charge in [-0.3, -0.25) is 0 Å². The van der Waals surface area contributed by atoms with Crippen LogP contribution in [0.25, 0.3) is 0 Å². The van der Waals surface area contributed by atoms with Crippen LogP contribution in [0.2, 0.25) is 0 Å². The minimum absolute atomic E-state index is 0. The second-order valence-corrected chi connectivity index (χ2v) is 1.39. The Morgan fingerprint density at radius 1 is 1.00 bits per heavy atom. The van der Waals surface area contributed by atoms with Gasteiger partial charge in [-0.05, 0) is 0 Å². The minimum Gasteiger partial charge on any atom is 0 e. The predicted octanol–water partition coefficient (Wildman–Crippen LogP) is -2.05. The molecule has 0 aliphatic heterocycles. The molecule has 0 saturated heterocycles. The average Bonchev–Trinajstić information content (AvgIpc) is 0.811. The molecule has 3 N–H and O–H groups in total. The first-order valence-corrected chi connectivity index (χ1v) is 3.12. The molecule has 0 aliphatic carbocycles. The van der Waals surface area contributed by atoms with Crippen molar-refractivity contribution in [3.05, 3.63) is 0 Å². The minimum atomic E-state index is -3.19. The molecule has 0 aromatic carbocycles. The molecule has 0 aromatic heterocycles. The number of rotatable bonds is 0. The summed E-state index contributed by atoms with van der Waals surface area (Å²) in [7, 11) is 0. The molecule has 0 aromatic rings. The Bertz CT molecular complexity index is 11.6. The first kappa shape index (κ1) is 9.41. The van der Waals surface area contributed by atoms with Gasteiger partial charge in [0.1, 0.15) is 0 Å². The van der Waals surface area contributed by atoms with Crippen molar-refractivity contribution in [1.82, 2.24) is 0 Å². The van der Waals surface area contributed by atoms with E-state index in [0.717, 1.165) is 0 Å². The third kappa shape index (κ3) is 42.1. The van der Waals surface area contributed by atoms with Crippen LogP contribution in [-0.2, 0) is 19.5 Å². The Balaban J connectivity index is 0. The van der Waals surface area contributed by atoms with E-state index in [4.69, 9.17) is 12.3 Å². The second kappa shape index (κ2) is 5.06. The zero-order valence-electron chi connectivity index (χ0n) is 2.50. The van der Waals surface area contributed by atoms with E-state index in [1.165, 1.54) is 0 Å². The molecular formula is H3AsO3Zn. The summed E-state index contributed by atoms with van der Waals surface area (Å²) in [5.74, 6) is 0. The van der Waals surface area contributed by atoms with Gasteiger partial charge >= 0.3 is 28.0 Å². The molecule has 5 heteroatoms. The third-order valence-corrected chi connectivity index (χ3v) is 0.